The molecule has 2 rings (SSSR count). The summed E-state index contributed by atoms with van der Waals surface area (Å²) in [4.78, 5) is 13.6. The standard InChI is InChI=1S/C10H15N3O/c1-6(2)10(14)13-4-8-7(3)11-12-9(8)5-13/h6H,4-5H2,1-3H3,(H,11,12). The topological polar surface area (TPSA) is 49.0 Å². The van der Waals surface area contributed by atoms with Gasteiger partial charge in [0.1, 0.15) is 0 Å². The maximum Gasteiger partial charge on any atom is 0.225 e. The third-order valence-electron chi connectivity index (χ3n) is 2.65. The molecule has 0 radical (unpaired) electrons. The number of aromatic nitrogens is 2. The predicted octanol–water partition coefficient (Wildman–Crippen LogP) is 1.22. The van der Waals surface area contributed by atoms with E-state index in [0.717, 1.165) is 11.4 Å². The summed E-state index contributed by atoms with van der Waals surface area (Å²) in [5.74, 6) is 0.283. The van der Waals surface area contributed by atoms with E-state index in [1.807, 2.05) is 25.7 Å². The van der Waals surface area contributed by atoms with Crippen molar-refractivity contribution in [2.75, 3.05) is 0 Å². The molecule has 14 heavy (non-hydrogen) atoms. The van der Waals surface area contributed by atoms with Gasteiger partial charge in [-0.1, -0.05) is 13.8 Å². The lowest BCUT2D eigenvalue weighted by Gasteiger charge is -2.17. The third kappa shape index (κ3) is 1.31. The zero-order valence-electron chi connectivity index (χ0n) is 8.79. The molecule has 0 aromatic carbocycles. The van der Waals surface area contributed by atoms with Gasteiger partial charge in [-0.25, -0.2) is 0 Å². The van der Waals surface area contributed by atoms with Crippen LogP contribution >= 0.6 is 0 Å². The third-order valence-corrected chi connectivity index (χ3v) is 2.65. The van der Waals surface area contributed by atoms with E-state index in [1.165, 1.54) is 5.56 Å². The van der Waals surface area contributed by atoms with E-state index in [1.54, 1.807) is 0 Å². The second kappa shape index (κ2) is 3.12. The fourth-order valence-corrected chi connectivity index (χ4v) is 1.79. The van der Waals surface area contributed by atoms with E-state index < -0.39 is 0 Å². The first-order valence-electron chi connectivity index (χ1n) is 4.91. The number of nitrogens with zero attached hydrogens (tertiary/aromatic N) is 2. The minimum absolute atomic E-state index is 0.0725. The van der Waals surface area contributed by atoms with Crippen molar-refractivity contribution in [2.45, 2.75) is 33.9 Å². The lowest BCUT2D eigenvalue weighted by atomic mass is 10.2. The molecule has 1 aromatic rings. The molecule has 0 aliphatic carbocycles. The second-order valence-corrected chi connectivity index (χ2v) is 4.12. The highest BCUT2D eigenvalue weighted by Crippen LogP contribution is 2.24. The second-order valence-electron chi connectivity index (χ2n) is 4.12. The molecule has 4 nitrogen and oxygen atoms in total. The first kappa shape index (κ1) is 9.24. The van der Waals surface area contributed by atoms with Crippen molar-refractivity contribution in [1.29, 1.82) is 0 Å². The summed E-state index contributed by atoms with van der Waals surface area (Å²) in [6.45, 7) is 7.23. The molecule has 0 spiro atoms. The largest absolute Gasteiger partial charge is 0.332 e. The Morgan fingerprint density at radius 2 is 2.21 bits per heavy atom. The average Bonchev–Trinajstić information content (AvgIpc) is 2.67. The van der Waals surface area contributed by atoms with Gasteiger partial charge in [-0.15, -0.1) is 0 Å². The number of rotatable bonds is 1. The molecular weight excluding hydrogens is 178 g/mol. The van der Waals surface area contributed by atoms with Crippen LogP contribution in [0.3, 0.4) is 0 Å². The van der Waals surface area contributed by atoms with Crippen molar-refractivity contribution in [2.24, 2.45) is 5.92 Å². The van der Waals surface area contributed by atoms with Crippen molar-refractivity contribution in [3.8, 4) is 0 Å². The number of hydrogen-bond donors (Lipinski definition) is 1. The molecule has 0 bridgehead atoms. The van der Waals surface area contributed by atoms with E-state index in [9.17, 15) is 4.79 Å². The highest BCUT2D eigenvalue weighted by atomic mass is 16.2. The molecular formula is C10H15N3O. The minimum Gasteiger partial charge on any atom is -0.332 e. The summed E-state index contributed by atoms with van der Waals surface area (Å²) in [6.07, 6.45) is 0. The van der Waals surface area contributed by atoms with Crippen molar-refractivity contribution in [3.63, 3.8) is 0 Å². The zero-order valence-corrected chi connectivity index (χ0v) is 8.79. The van der Waals surface area contributed by atoms with Gasteiger partial charge in [-0.3, -0.25) is 9.89 Å². The quantitative estimate of drug-likeness (QED) is 0.729. The van der Waals surface area contributed by atoms with Crippen molar-refractivity contribution >= 4 is 5.91 Å². The average molecular weight is 193 g/mol. The van der Waals surface area contributed by atoms with Crippen LogP contribution in [0, 0.1) is 12.8 Å². The molecule has 0 fully saturated rings. The number of hydrogen-bond acceptors (Lipinski definition) is 2. The number of nitrogens with one attached hydrogen (secondary N) is 1. The fraction of sp³-hybridized carbons (Fsp3) is 0.600. The highest BCUT2D eigenvalue weighted by molar-refractivity contribution is 5.78. The fourth-order valence-electron chi connectivity index (χ4n) is 1.79. The van der Waals surface area contributed by atoms with Gasteiger partial charge in [-0.2, -0.15) is 5.10 Å². The van der Waals surface area contributed by atoms with Crippen LogP contribution in [0.4, 0.5) is 0 Å². The number of amides is 1. The molecule has 0 unspecified atom stereocenters. The van der Waals surface area contributed by atoms with Crippen LogP contribution in [0.5, 0.6) is 0 Å². The van der Waals surface area contributed by atoms with Crippen molar-refractivity contribution in [3.05, 3.63) is 17.0 Å². The van der Waals surface area contributed by atoms with Gasteiger partial charge in [0.05, 0.1) is 12.2 Å². The minimum atomic E-state index is 0.0725. The van der Waals surface area contributed by atoms with Crippen LogP contribution in [0.15, 0.2) is 0 Å². The first-order valence-corrected chi connectivity index (χ1v) is 4.91. The van der Waals surface area contributed by atoms with E-state index in [2.05, 4.69) is 10.2 Å². The molecule has 0 saturated carbocycles. The molecule has 1 amide bonds. The number of aryl methyl sites for hydroxylation is 1. The van der Waals surface area contributed by atoms with Gasteiger partial charge in [0.15, 0.2) is 0 Å². The van der Waals surface area contributed by atoms with Crippen LogP contribution < -0.4 is 0 Å². The van der Waals surface area contributed by atoms with Crippen molar-refractivity contribution < 1.29 is 4.79 Å². The maximum atomic E-state index is 11.7. The molecule has 0 atom stereocenters. The SMILES string of the molecule is Cc1[nH]nc2c1CN(C(=O)C(C)C)C2. The Bertz CT molecular complexity index is 367. The van der Waals surface area contributed by atoms with E-state index in [0.29, 0.717) is 13.1 Å². The van der Waals surface area contributed by atoms with Crippen molar-refractivity contribution in [1.82, 2.24) is 15.1 Å². The van der Waals surface area contributed by atoms with Gasteiger partial charge in [-0.05, 0) is 6.92 Å². The first-order chi connectivity index (χ1) is 6.59. The highest BCUT2D eigenvalue weighted by Gasteiger charge is 2.27. The Balaban J connectivity index is 2.16. The summed E-state index contributed by atoms with van der Waals surface area (Å²) in [6, 6.07) is 0. The molecule has 76 valence electrons. The van der Waals surface area contributed by atoms with E-state index in [-0.39, 0.29) is 11.8 Å². The normalized spacial score (nSPS) is 15.0. The van der Waals surface area contributed by atoms with Crippen LogP contribution in [-0.4, -0.2) is 21.0 Å². The molecule has 1 aliphatic rings. The maximum absolute atomic E-state index is 11.7. The number of aromatic amines is 1. The Morgan fingerprint density at radius 3 is 2.79 bits per heavy atom. The lowest BCUT2D eigenvalue weighted by molar-refractivity contribution is -0.135. The molecule has 1 N–H and O–H groups in total. The summed E-state index contributed by atoms with van der Waals surface area (Å²) in [7, 11) is 0. The molecule has 0 saturated heterocycles. The number of fused-ring (bicyclic) bond motifs is 1. The number of carbonyl (C=O) groups is 1. The summed E-state index contributed by atoms with van der Waals surface area (Å²) >= 11 is 0. The molecule has 2 heterocycles. The van der Waals surface area contributed by atoms with Gasteiger partial charge >= 0.3 is 0 Å². The Hall–Kier alpha value is -1.32. The summed E-state index contributed by atoms with van der Waals surface area (Å²) in [5, 5.41) is 7.11. The van der Waals surface area contributed by atoms with Gasteiger partial charge < -0.3 is 4.90 Å². The van der Waals surface area contributed by atoms with E-state index >= 15 is 0 Å². The molecule has 1 aliphatic heterocycles. The van der Waals surface area contributed by atoms with Gasteiger partial charge in [0, 0.05) is 23.7 Å². The van der Waals surface area contributed by atoms with Crippen LogP contribution in [-0.2, 0) is 17.9 Å². The van der Waals surface area contributed by atoms with E-state index in [4.69, 9.17) is 0 Å². The number of H-pyrrole nitrogens is 1. The summed E-state index contributed by atoms with van der Waals surface area (Å²) < 4.78 is 0. The van der Waals surface area contributed by atoms with Gasteiger partial charge in [0.25, 0.3) is 0 Å². The van der Waals surface area contributed by atoms with Crippen LogP contribution in [0.2, 0.25) is 0 Å². The smallest absolute Gasteiger partial charge is 0.225 e. The lowest BCUT2D eigenvalue weighted by Crippen LogP contribution is -2.29. The Morgan fingerprint density at radius 1 is 1.50 bits per heavy atom. The Labute approximate surface area is 83.3 Å². The summed E-state index contributed by atoms with van der Waals surface area (Å²) in [5.41, 5.74) is 3.30. The van der Waals surface area contributed by atoms with Crippen LogP contribution in [0.1, 0.15) is 30.8 Å². The zero-order chi connectivity index (χ0) is 10.3. The van der Waals surface area contributed by atoms with Crippen LogP contribution in [0.25, 0.3) is 0 Å². The Kier molecular flexibility index (Phi) is 2.06. The molecule has 1 aromatic heterocycles. The predicted molar refractivity (Wildman–Crippen MR) is 52.4 cm³/mol. The monoisotopic (exact) mass is 193 g/mol. The van der Waals surface area contributed by atoms with Gasteiger partial charge in [0.2, 0.25) is 5.91 Å². The molecule has 4 heteroatoms. The number of carbonyl (C=O) groups excluding carboxylic acids is 1.